The van der Waals surface area contributed by atoms with E-state index in [0.717, 1.165) is 24.0 Å². The largest absolute Gasteiger partial charge is 0.396 e. The zero-order valence-electron chi connectivity index (χ0n) is 22.0. The molecule has 0 saturated carbocycles. The number of carbonyl (C=O) groups is 3. The second kappa shape index (κ2) is 13.5. The van der Waals surface area contributed by atoms with Crippen LogP contribution >= 0.6 is 0 Å². The lowest BCUT2D eigenvalue weighted by molar-refractivity contribution is -0.147. The molecule has 2 heterocycles. The lowest BCUT2D eigenvalue weighted by Crippen LogP contribution is -2.56. The Morgan fingerprint density at radius 3 is 2.13 bits per heavy atom. The Balaban J connectivity index is 1.36. The number of hydrogen-bond acceptors (Lipinski definition) is 5. The Kier molecular flexibility index (Phi) is 9.90. The summed E-state index contributed by atoms with van der Waals surface area (Å²) in [5, 5.41) is 12.6. The van der Waals surface area contributed by atoms with Gasteiger partial charge in [0.2, 0.25) is 17.7 Å². The van der Waals surface area contributed by atoms with Gasteiger partial charge in [-0.05, 0) is 62.5 Å². The number of aliphatic hydroxyl groups is 1. The van der Waals surface area contributed by atoms with Gasteiger partial charge in [0.05, 0.1) is 6.04 Å². The van der Waals surface area contributed by atoms with E-state index in [9.17, 15) is 19.5 Å². The fourth-order valence-corrected chi connectivity index (χ4v) is 5.66. The fourth-order valence-electron chi connectivity index (χ4n) is 5.66. The summed E-state index contributed by atoms with van der Waals surface area (Å²) in [5.74, 6) is -0.547. The van der Waals surface area contributed by atoms with Crippen LogP contribution in [0, 0.1) is 0 Å². The van der Waals surface area contributed by atoms with Crippen LogP contribution < -0.4 is 11.1 Å². The topological polar surface area (TPSA) is 116 Å². The highest BCUT2D eigenvalue weighted by Crippen LogP contribution is 2.26. The summed E-state index contributed by atoms with van der Waals surface area (Å²) in [7, 11) is 0. The van der Waals surface area contributed by atoms with Crippen LogP contribution in [0.2, 0.25) is 0 Å². The second-order valence-corrected chi connectivity index (χ2v) is 10.4. The van der Waals surface area contributed by atoms with Crippen molar-refractivity contribution in [1.29, 1.82) is 0 Å². The van der Waals surface area contributed by atoms with E-state index in [-0.39, 0.29) is 30.4 Å². The molecule has 2 aliphatic heterocycles. The molecular weight excluding hydrogens is 480 g/mol. The molecule has 0 aromatic heterocycles. The van der Waals surface area contributed by atoms with Crippen molar-refractivity contribution in [3.8, 4) is 0 Å². The summed E-state index contributed by atoms with van der Waals surface area (Å²) in [5.41, 5.74) is 8.49. The maximum absolute atomic E-state index is 13.7. The summed E-state index contributed by atoms with van der Waals surface area (Å²) in [4.78, 5) is 43.5. The highest BCUT2D eigenvalue weighted by molar-refractivity contribution is 5.94. The first-order valence-corrected chi connectivity index (χ1v) is 13.8. The average molecular weight is 521 g/mol. The number of nitrogens with one attached hydrogen (secondary N) is 1. The van der Waals surface area contributed by atoms with E-state index in [4.69, 9.17) is 5.73 Å². The van der Waals surface area contributed by atoms with Crippen LogP contribution in [-0.2, 0) is 27.2 Å². The Hall–Kier alpha value is -3.23. The predicted molar refractivity (Wildman–Crippen MR) is 146 cm³/mol. The third-order valence-electron chi connectivity index (χ3n) is 7.71. The lowest BCUT2D eigenvalue weighted by atomic mass is 10.0. The van der Waals surface area contributed by atoms with Crippen molar-refractivity contribution in [3.05, 3.63) is 71.8 Å². The van der Waals surface area contributed by atoms with Crippen LogP contribution in [0.25, 0.3) is 0 Å². The number of nitrogens with two attached hydrogens (primary N) is 1. The molecule has 4 unspecified atom stereocenters. The molecule has 8 nitrogen and oxygen atoms in total. The molecule has 4 atom stereocenters. The Morgan fingerprint density at radius 1 is 0.868 bits per heavy atom. The van der Waals surface area contributed by atoms with Gasteiger partial charge in [0.15, 0.2) is 0 Å². The van der Waals surface area contributed by atoms with Gasteiger partial charge in [0.25, 0.3) is 0 Å². The molecule has 8 heteroatoms. The van der Waals surface area contributed by atoms with Crippen molar-refractivity contribution in [1.82, 2.24) is 15.1 Å². The van der Waals surface area contributed by atoms with Gasteiger partial charge in [-0.3, -0.25) is 14.4 Å². The summed E-state index contributed by atoms with van der Waals surface area (Å²) < 4.78 is 0. The number of rotatable bonds is 11. The molecule has 0 spiro atoms. The lowest BCUT2D eigenvalue weighted by Gasteiger charge is -2.32. The molecule has 4 rings (SSSR count). The number of likely N-dealkylation sites (tertiary alicyclic amines) is 2. The van der Waals surface area contributed by atoms with Crippen LogP contribution in [0.5, 0.6) is 0 Å². The van der Waals surface area contributed by atoms with Gasteiger partial charge in [0, 0.05) is 25.7 Å². The fraction of sp³-hybridized carbons (Fsp3) is 0.500. The molecule has 2 aliphatic rings. The highest BCUT2D eigenvalue weighted by atomic mass is 16.3. The molecule has 204 valence electrons. The maximum Gasteiger partial charge on any atom is 0.246 e. The van der Waals surface area contributed by atoms with E-state index >= 15 is 0 Å². The van der Waals surface area contributed by atoms with Crippen LogP contribution in [0.3, 0.4) is 0 Å². The third-order valence-corrected chi connectivity index (χ3v) is 7.71. The molecule has 2 saturated heterocycles. The van der Waals surface area contributed by atoms with Crippen LogP contribution in [0.15, 0.2) is 60.7 Å². The SMILES string of the molecule is NC(CCc1ccccc1)C(=O)N1CCCC1C(=O)N1CCCC1C(=O)NC(CCO)Cc1ccccc1. The first kappa shape index (κ1) is 27.8. The summed E-state index contributed by atoms with van der Waals surface area (Å²) in [6, 6.07) is 17.7. The molecule has 38 heavy (non-hydrogen) atoms. The number of nitrogens with zero attached hydrogens (tertiary/aromatic N) is 2. The smallest absolute Gasteiger partial charge is 0.246 e. The number of amides is 3. The number of benzene rings is 2. The third kappa shape index (κ3) is 6.99. The van der Waals surface area contributed by atoms with E-state index in [1.165, 1.54) is 0 Å². The number of aliphatic hydroxyl groups excluding tert-OH is 1. The zero-order chi connectivity index (χ0) is 26.9. The van der Waals surface area contributed by atoms with Crippen molar-refractivity contribution in [3.63, 3.8) is 0 Å². The summed E-state index contributed by atoms with van der Waals surface area (Å²) in [6.07, 6.45) is 4.92. The van der Waals surface area contributed by atoms with E-state index in [1.54, 1.807) is 9.80 Å². The quantitative estimate of drug-likeness (QED) is 0.419. The average Bonchev–Trinajstić information content (AvgIpc) is 3.63. The highest BCUT2D eigenvalue weighted by Gasteiger charge is 2.43. The standard InChI is InChI=1S/C30H40N4O4/c31-25(16-15-22-9-3-1-4-10-22)29(37)34-19-8-14-27(34)30(38)33-18-7-13-26(33)28(36)32-24(17-20-35)21-23-11-5-2-6-12-23/h1-6,9-12,24-27,35H,7-8,13-21,31H2,(H,32,36). The van der Waals surface area contributed by atoms with Gasteiger partial charge in [-0.25, -0.2) is 0 Å². The molecule has 0 aliphatic carbocycles. The first-order valence-electron chi connectivity index (χ1n) is 13.8. The summed E-state index contributed by atoms with van der Waals surface area (Å²) in [6.45, 7) is 0.974. The Morgan fingerprint density at radius 2 is 1.47 bits per heavy atom. The maximum atomic E-state index is 13.7. The van der Waals surface area contributed by atoms with Gasteiger partial charge in [0.1, 0.15) is 12.1 Å². The Bertz CT molecular complexity index is 1060. The van der Waals surface area contributed by atoms with Gasteiger partial charge in [-0.15, -0.1) is 0 Å². The molecule has 0 radical (unpaired) electrons. The minimum absolute atomic E-state index is 0.0330. The molecule has 3 amide bonds. The van der Waals surface area contributed by atoms with Gasteiger partial charge >= 0.3 is 0 Å². The van der Waals surface area contributed by atoms with Gasteiger partial charge in [-0.1, -0.05) is 60.7 Å². The van der Waals surface area contributed by atoms with Gasteiger partial charge in [-0.2, -0.15) is 0 Å². The predicted octanol–water partition coefficient (Wildman–Crippen LogP) is 2.04. The van der Waals surface area contributed by atoms with Crippen LogP contribution in [-0.4, -0.2) is 76.5 Å². The van der Waals surface area contributed by atoms with Crippen molar-refractivity contribution in [2.45, 2.75) is 75.5 Å². The molecule has 2 aromatic carbocycles. The number of aryl methyl sites for hydroxylation is 1. The van der Waals surface area contributed by atoms with Crippen molar-refractivity contribution in [2.24, 2.45) is 5.73 Å². The van der Waals surface area contributed by atoms with E-state index in [1.807, 2.05) is 60.7 Å². The molecule has 2 aromatic rings. The zero-order valence-corrected chi connectivity index (χ0v) is 22.0. The Labute approximate surface area is 225 Å². The normalized spacial score (nSPS) is 20.8. The number of carbonyl (C=O) groups excluding carboxylic acids is 3. The van der Waals surface area contributed by atoms with Crippen LogP contribution in [0.4, 0.5) is 0 Å². The monoisotopic (exact) mass is 520 g/mol. The molecular formula is C30H40N4O4. The summed E-state index contributed by atoms with van der Waals surface area (Å²) >= 11 is 0. The van der Waals surface area contributed by atoms with Crippen LogP contribution in [0.1, 0.15) is 49.7 Å². The minimum atomic E-state index is -0.668. The van der Waals surface area contributed by atoms with E-state index in [2.05, 4.69) is 5.32 Å². The first-order chi connectivity index (χ1) is 18.5. The molecule has 4 N–H and O–H groups in total. The van der Waals surface area contributed by atoms with E-state index in [0.29, 0.717) is 51.6 Å². The minimum Gasteiger partial charge on any atom is -0.396 e. The molecule has 0 bridgehead atoms. The van der Waals surface area contributed by atoms with Crippen molar-refractivity contribution >= 4 is 17.7 Å². The molecule has 2 fully saturated rings. The second-order valence-electron chi connectivity index (χ2n) is 10.4. The van der Waals surface area contributed by atoms with Crippen molar-refractivity contribution < 1.29 is 19.5 Å². The van der Waals surface area contributed by atoms with Gasteiger partial charge < -0.3 is 26.0 Å². The number of hydrogen-bond donors (Lipinski definition) is 3. The van der Waals surface area contributed by atoms with E-state index < -0.39 is 18.1 Å². The van der Waals surface area contributed by atoms with Crippen molar-refractivity contribution in [2.75, 3.05) is 19.7 Å².